The van der Waals surface area contributed by atoms with Crippen LogP contribution in [0, 0.1) is 5.92 Å². The summed E-state index contributed by atoms with van der Waals surface area (Å²) in [7, 11) is 0. The van der Waals surface area contributed by atoms with Crippen LogP contribution >= 0.6 is 11.3 Å². The number of thiophene rings is 1. The highest BCUT2D eigenvalue weighted by molar-refractivity contribution is 7.08. The Bertz CT molecular complexity index is 631. The first-order valence-corrected chi connectivity index (χ1v) is 9.57. The van der Waals surface area contributed by atoms with Gasteiger partial charge in [-0.1, -0.05) is 6.07 Å². The SMILES string of the molecule is Oc1cccc(N(c2ccsc2)C2CCN(CC3CC3)CC2)c1. The van der Waals surface area contributed by atoms with Crippen LogP contribution in [0.3, 0.4) is 0 Å². The van der Waals surface area contributed by atoms with Crippen molar-refractivity contribution in [1.29, 1.82) is 0 Å². The number of phenols is 1. The predicted octanol–water partition coefficient (Wildman–Crippen LogP) is 4.47. The molecular weight excluding hydrogens is 304 g/mol. The molecule has 0 spiro atoms. The number of piperidine rings is 1. The molecule has 3 nitrogen and oxygen atoms in total. The predicted molar refractivity (Wildman–Crippen MR) is 96.8 cm³/mol. The van der Waals surface area contributed by atoms with E-state index in [-0.39, 0.29) is 0 Å². The van der Waals surface area contributed by atoms with Gasteiger partial charge in [0.05, 0.1) is 5.69 Å². The van der Waals surface area contributed by atoms with Gasteiger partial charge in [0.25, 0.3) is 0 Å². The Labute approximate surface area is 142 Å². The summed E-state index contributed by atoms with van der Waals surface area (Å²) in [6.45, 7) is 3.69. The first-order valence-electron chi connectivity index (χ1n) is 8.62. The van der Waals surface area contributed by atoms with E-state index in [0.717, 1.165) is 11.6 Å². The highest BCUT2D eigenvalue weighted by Gasteiger charge is 2.30. The Morgan fingerprint density at radius 2 is 1.91 bits per heavy atom. The van der Waals surface area contributed by atoms with E-state index in [1.807, 2.05) is 12.1 Å². The lowest BCUT2D eigenvalue weighted by molar-refractivity contribution is 0.205. The van der Waals surface area contributed by atoms with Crippen molar-refractivity contribution in [3.8, 4) is 5.75 Å². The largest absolute Gasteiger partial charge is 0.508 e. The van der Waals surface area contributed by atoms with Crippen LogP contribution in [-0.2, 0) is 0 Å². The minimum atomic E-state index is 0.342. The summed E-state index contributed by atoms with van der Waals surface area (Å²) in [6.07, 6.45) is 5.25. The van der Waals surface area contributed by atoms with Crippen LogP contribution in [0.25, 0.3) is 0 Å². The molecule has 1 saturated heterocycles. The third kappa shape index (κ3) is 3.54. The Morgan fingerprint density at radius 1 is 1.09 bits per heavy atom. The first-order chi connectivity index (χ1) is 11.3. The van der Waals surface area contributed by atoms with Crippen LogP contribution in [0.5, 0.6) is 5.75 Å². The normalized spacial score (nSPS) is 19.8. The van der Waals surface area contributed by atoms with Gasteiger partial charge in [0.2, 0.25) is 0 Å². The molecule has 0 amide bonds. The third-order valence-corrected chi connectivity index (χ3v) is 5.70. The summed E-state index contributed by atoms with van der Waals surface area (Å²) in [6, 6.07) is 10.4. The van der Waals surface area contributed by atoms with Crippen LogP contribution in [0.1, 0.15) is 25.7 Å². The molecule has 0 bridgehead atoms. The van der Waals surface area contributed by atoms with E-state index in [1.54, 1.807) is 17.4 Å². The van der Waals surface area contributed by atoms with Gasteiger partial charge in [-0.05, 0) is 55.2 Å². The second kappa shape index (κ2) is 6.54. The van der Waals surface area contributed by atoms with E-state index in [9.17, 15) is 5.11 Å². The maximum Gasteiger partial charge on any atom is 0.117 e. The van der Waals surface area contributed by atoms with Gasteiger partial charge in [-0.15, -0.1) is 0 Å². The van der Waals surface area contributed by atoms with E-state index in [4.69, 9.17) is 0 Å². The number of likely N-dealkylation sites (tertiary alicyclic amines) is 1. The van der Waals surface area contributed by atoms with Crippen molar-refractivity contribution >= 4 is 22.7 Å². The third-order valence-electron chi connectivity index (χ3n) is 5.03. The molecule has 2 fully saturated rings. The average molecular weight is 328 g/mol. The Kier molecular flexibility index (Phi) is 4.27. The Balaban J connectivity index is 1.52. The Morgan fingerprint density at radius 3 is 2.57 bits per heavy atom. The molecule has 1 aliphatic heterocycles. The molecule has 0 unspecified atom stereocenters. The first kappa shape index (κ1) is 15.0. The molecule has 23 heavy (non-hydrogen) atoms. The number of hydrogen-bond donors (Lipinski definition) is 1. The van der Waals surface area contributed by atoms with Crippen LogP contribution in [0.2, 0.25) is 0 Å². The van der Waals surface area contributed by atoms with E-state index < -0.39 is 0 Å². The number of phenolic OH excluding ortho intramolecular Hbond substituents is 1. The minimum Gasteiger partial charge on any atom is -0.508 e. The Hall–Kier alpha value is -1.52. The maximum absolute atomic E-state index is 9.87. The van der Waals surface area contributed by atoms with Gasteiger partial charge in [0, 0.05) is 42.8 Å². The van der Waals surface area contributed by atoms with Crippen molar-refractivity contribution in [2.24, 2.45) is 5.92 Å². The zero-order valence-corrected chi connectivity index (χ0v) is 14.2. The van der Waals surface area contributed by atoms with Crippen LogP contribution in [0.4, 0.5) is 11.4 Å². The van der Waals surface area contributed by atoms with Gasteiger partial charge in [-0.25, -0.2) is 0 Å². The molecule has 122 valence electrons. The number of anilines is 2. The summed E-state index contributed by atoms with van der Waals surface area (Å²) in [5, 5.41) is 14.2. The monoisotopic (exact) mass is 328 g/mol. The molecule has 2 heterocycles. The molecule has 4 rings (SSSR count). The van der Waals surface area contributed by atoms with E-state index in [2.05, 4.69) is 32.7 Å². The van der Waals surface area contributed by atoms with Crippen LogP contribution < -0.4 is 4.90 Å². The molecular formula is C19H24N2OS. The molecule has 2 aliphatic rings. The summed E-state index contributed by atoms with van der Waals surface area (Å²) >= 11 is 1.73. The molecule has 1 aromatic carbocycles. The molecule has 0 radical (unpaired) electrons. The highest BCUT2D eigenvalue weighted by atomic mass is 32.1. The highest BCUT2D eigenvalue weighted by Crippen LogP contribution is 2.36. The molecule has 4 heteroatoms. The number of nitrogens with zero attached hydrogens (tertiary/aromatic N) is 2. The smallest absolute Gasteiger partial charge is 0.117 e. The lowest BCUT2D eigenvalue weighted by Crippen LogP contribution is -2.43. The minimum absolute atomic E-state index is 0.342. The number of rotatable bonds is 5. The van der Waals surface area contributed by atoms with Gasteiger partial charge >= 0.3 is 0 Å². The zero-order valence-electron chi connectivity index (χ0n) is 13.4. The van der Waals surface area contributed by atoms with Crippen LogP contribution in [0.15, 0.2) is 41.1 Å². The molecule has 1 aromatic heterocycles. The van der Waals surface area contributed by atoms with E-state index in [1.165, 1.54) is 51.0 Å². The molecule has 1 saturated carbocycles. The van der Waals surface area contributed by atoms with E-state index in [0.29, 0.717) is 11.8 Å². The second-order valence-electron chi connectivity index (χ2n) is 6.85. The fraction of sp³-hybridized carbons (Fsp3) is 0.474. The number of aromatic hydroxyl groups is 1. The number of hydrogen-bond acceptors (Lipinski definition) is 4. The summed E-state index contributed by atoms with van der Waals surface area (Å²) in [5.74, 6) is 1.32. The van der Waals surface area contributed by atoms with Crippen LogP contribution in [-0.4, -0.2) is 35.7 Å². The summed E-state index contributed by atoms with van der Waals surface area (Å²) in [5.41, 5.74) is 2.35. The topological polar surface area (TPSA) is 26.7 Å². The second-order valence-corrected chi connectivity index (χ2v) is 7.63. The maximum atomic E-state index is 9.87. The van der Waals surface area contributed by atoms with E-state index >= 15 is 0 Å². The van der Waals surface area contributed by atoms with Gasteiger partial charge in [0.15, 0.2) is 0 Å². The van der Waals surface area contributed by atoms with Gasteiger partial charge in [-0.3, -0.25) is 0 Å². The quantitative estimate of drug-likeness (QED) is 0.877. The standard InChI is InChI=1S/C19H24N2OS/c22-19-3-1-2-17(12-19)21(18-8-11-23-14-18)16-6-9-20(10-7-16)13-15-4-5-15/h1-3,8,11-12,14-16,22H,4-7,9-10,13H2. The summed E-state index contributed by atoms with van der Waals surface area (Å²) < 4.78 is 0. The molecule has 1 N–H and O–H groups in total. The summed E-state index contributed by atoms with van der Waals surface area (Å²) in [4.78, 5) is 5.06. The van der Waals surface area contributed by atoms with Gasteiger partial charge < -0.3 is 14.9 Å². The lowest BCUT2D eigenvalue weighted by Gasteiger charge is -2.39. The van der Waals surface area contributed by atoms with Gasteiger partial charge in [0.1, 0.15) is 5.75 Å². The number of benzene rings is 1. The van der Waals surface area contributed by atoms with Crippen molar-refractivity contribution in [2.45, 2.75) is 31.7 Å². The van der Waals surface area contributed by atoms with Crippen molar-refractivity contribution in [3.05, 3.63) is 41.1 Å². The van der Waals surface area contributed by atoms with Crippen molar-refractivity contribution in [1.82, 2.24) is 4.90 Å². The molecule has 2 aromatic rings. The fourth-order valence-corrected chi connectivity index (χ4v) is 4.26. The zero-order chi connectivity index (χ0) is 15.6. The fourth-order valence-electron chi connectivity index (χ4n) is 3.63. The average Bonchev–Trinajstić information content (AvgIpc) is 3.21. The van der Waals surface area contributed by atoms with Crippen molar-refractivity contribution in [3.63, 3.8) is 0 Å². The molecule has 0 atom stereocenters. The van der Waals surface area contributed by atoms with Crippen molar-refractivity contribution < 1.29 is 5.11 Å². The van der Waals surface area contributed by atoms with Crippen molar-refractivity contribution in [2.75, 3.05) is 24.5 Å². The lowest BCUT2D eigenvalue weighted by atomic mass is 10.0. The van der Waals surface area contributed by atoms with Gasteiger partial charge in [-0.2, -0.15) is 11.3 Å². The molecule has 1 aliphatic carbocycles.